The number of carbonyl (C=O) groups excluding carboxylic acids is 2. The largest absolute Gasteiger partial charge is 0.449 e. The first kappa shape index (κ1) is 54.1. The minimum Gasteiger partial charge on any atom is -0.449 e. The highest BCUT2D eigenvalue weighted by molar-refractivity contribution is 14.1. The molecule has 0 atom stereocenters. The lowest BCUT2D eigenvalue weighted by Crippen LogP contribution is -2.32. The number of hydrogen-bond donors (Lipinski definition) is 2. The molecule has 1 aliphatic heterocycles. The van der Waals surface area contributed by atoms with E-state index in [9.17, 15) is 29.8 Å². The van der Waals surface area contributed by atoms with Crippen molar-refractivity contribution in [2.24, 2.45) is 0 Å². The quantitative estimate of drug-likeness (QED) is 0.0651. The molecule has 0 bridgehead atoms. The second kappa shape index (κ2) is 27.0. The Morgan fingerprint density at radius 3 is 1.48 bits per heavy atom. The topological polar surface area (TPSA) is 241 Å². The number of rotatable bonds is 10. The van der Waals surface area contributed by atoms with Gasteiger partial charge in [-0.15, -0.1) is 0 Å². The van der Waals surface area contributed by atoms with Crippen LogP contribution in [0.1, 0.15) is 52.7 Å². The number of benzene rings is 2. The predicted octanol–water partition coefficient (Wildman–Crippen LogP) is 11.3. The number of nitro groups is 2. The van der Waals surface area contributed by atoms with Crippen molar-refractivity contribution in [1.29, 1.82) is 0 Å². The Kier molecular flexibility index (Phi) is 25.2. The van der Waals surface area contributed by atoms with Crippen molar-refractivity contribution in [3.8, 4) is 0 Å². The van der Waals surface area contributed by atoms with Crippen molar-refractivity contribution in [1.82, 2.24) is 16.1 Å². The summed E-state index contributed by atoms with van der Waals surface area (Å²) in [5.41, 5.74) is 5.99. The molecule has 1 fully saturated rings. The van der Waals surface area contributed by atoms with Crippen molar-refractivity contribution >= 4 is 121 Å². The average molecular weight is 1090 g/mol. The maximum atomic E-state index is 12.4. The zero-order valence-corrected chi connectivity index (χ0v) is 36.5. The van der Waals surface area contributed by atoms with E-state index in [-0.39, 0.29) is 74.8 Å². The van der Waals surface area contributed by atoms with Crippen LogP contribution in [0.3, 0.4) is 0 Å². The van der Waals surface area contributed by atoms with Crippen LogP contribution in [0, 0.1) is 27.4 Å². The van der Waals surface area contributed by atoms with E-state index in [1.807, 2.05) is 48.5 Å². The van der Waals surface area contributed by atoms with Gasteiger partial charge < -0.3 is 26.1 Å². The molecule has 22 heteroatoms. The molecule has 3 heterocycles. The second-order valence-electron chi connectivity index (χ2n) is 11.0. The fourth-order valence-corrected chi connectivity index (χ4v) is 6.10. The normalized spacial score (nSPS) is 11.0. The van der Waals surface area contributed by atoms with Gasteiger partial charge in [0.05, 0.1) is 36.1 Å². The van der Waals surface area contributed by atoms with Crippen LogP contribution in [0.5, 0.6) is 0 Å². The Balaban J connectivity index is 0.000000952. The zero-order chi connectivity index (χ0) is 40.7. The Bertz CT molecular complexity index is 1820. The molecule has 2 aromatic heterocycles. The van der Waals surface area contributed by atoms with Crippen LogP contribution in [-0.2, 0) is 27.3 Å². The number of carbonyl (C=O) groups is 2. The summed E-state index contributed by atoms with van der Waals surface area (Å²) in [5, 5.41) is 22.3. The van der Waals surface area contributed by atoms with E-state index in [4.69, 9.17) is 54.7 Å². The summed E-state index contributed by atoms with van der Waals surface area (Å²) in [6, 6.07) is 17.1. The molecular formula is C36H45Cl3I2N8O9. The van der Waals surface area contributed by atoms with E-state index >= 15 is 0 Å². The van der Waals surface area contributed by atoms with Crippen molar-refractivity contribution in [3.05, 3.63) is 115 Å². The lowest BCUT2D eigenvalue weighted by atomic mass is 10.2. The summed E-state index contributed by atoms with van der Waals surface area (Å²) in [4.78, 5) is 55.7. The maximum absolute atomic E-state index is 12.4. The number of aromatic nitrogens is 2. The number of nitrogens with two attached hydrogens (primary N) is 1. The third-order valence-electron chi connectivity index (χ3n) is 7.13. The number of hydrogen-bond acceptors (Lipinski definition) is 13. The van der Waals surface area contributed by atoms with E-state index in [0.29, 0.717) is 0 Å². The summed E-state index contributed by atoms with van der Waals surface area (Å²) in [6.07, 6.45) is 1.06. The van der Waals surface area contributed by atoms with Gasteiger partial charge in [-0.3, -0.25) is 30.0 Å². The molecule has 1 aliphatic rings. The molecule has 1 saturated heterocycles. The van der Waals surface area contributed by atoms with E-state index in [1.165, 1.54) is 25.0 Å². The standard InChI is InChI=1S/C15H12Cl2IN3O4.C15H14ClIN4O4.C4H8O.2CH4.H3N/c1-2-25-15(22)20(8-9-3-5-10(18)6-4-9)11-7-12(16)19-14(17)13(11)21(23)24;1-2-25-15(22)20(8-9-3-5-10(17)6-4-9)11-7-12(16)19-14(18)13(11)21(23)24;1-2-4-5-3-1;;;/h3-7H,2,8H2,1H3;3-7H,2,8H2,1H3,(H2,18,19);1-4H2;2*1H4;1H3. The van der Waals surface area contributed by atoms with E-state index in [1.54, 1.807) is 13.8 Å². The number of halogens is 5. The molecule has 5 N–H and O–H groups in total. The fourth-order valence-electron chi connectivity index (χ4n) is 4.70. The minimum absolute atomic E-state index is 0. The second-order valence-corrected chi connectivity index (χ2v) is 14.6. The van der Waals surface area contributed by atoms with Gasteiger partial charge in [-0.2, -0.15) is 0 Å². The van der Waals surface area contributed by atoms with E-state index < -0.39 is 38.6 Å². The molecule has 0 aliphatic carbocycles. The highest BCUT2D eigenvalue weighted by Crippen LogP contribution is 2.38. The van der Waals surface area contributed by atoms with Gasteiger partial charge in [-0.25, -0.2) is 19.6 Å². The van der Waals surface area contributed by atoms with Gasteiger partial charge in [-0.05, 0) is 107 Å². The zero-order valence-electron chi connectivity index (χ0n) is 30.0. The minimum atomic E-state index is -0.748. The lowest BCUT2D eigenvalue weighted by molar-refractivity contribution is -0.384. The van der Waals surface area contributed by atoms with Crippen LogP contribution in [0.2, 0.25) is 15.5 Å². The first-order valence-corrected chi connectivity index (χ1v) is 19.5. The van der Waals surface area contributed by atoms with Gasteiger partial charge in [-0.1, -0.05) is 73.9 Å². The molecule has 0 unspecified atom stereocenters. The van der Waals surface area contributed by atoms with Gasteiger partial charge >= 0.3 is 23.6 Å². The number of pyridine rings is 2. The first-order chi connectivity index (χ1) is 26.2. The Morgan fingerprint density at radius 1 is 0.759 bits per heavy atom. The molecule has 17 nitrogen and oxygen atoms in total. The van der Waals surface area contributed by atoms with Crippen LogP contribution < -0.4 is 21.7 Å². The molecule has 2 amide bonds. The van der Waals surface area contributed by atoms with Gasteiger partial charge in [0.1, 0.15) is 21.7 Å². The third kappa shape index (κ3) is 16.4. The van der Waals surface area contributed by atoms with Crippen LogP contribution in [0.25, 0.3) is 0 Å². The van der Waals surface area contributed by atoms with E-state index in [0.717, 1.165) is 41.3 Å². The number of ether oxygens (including phenoxy) is 3. The summed E-state index contributed by atoms with van der Waals surface area (Å²) >= 11 is 21.9. The Morgan fingerprint density at radius 2 is 1.14 bits per heavy atom. The highest BCUT2D eigenvalue weighted by atomic mass is 127. The van der Waals surface area contributed by atoms with Gasteiger partial charge in [0.2, 0.25) is 11.0 Å². The molecule has 0 saturated carbocycles. The number of anilines is 3. The van der Waals surface area contributed by atoms with E-state index in [2.05, 4.69) is 55.1 Å². The number of amides is 2. The molecule has 0 radical (unpaired) electrons. The van der Waals surface area contributed by atoms with Crippen LogP contribution in [0.4, 0.5) is 38.2 Å². The molecular weight excluding hydrogens is 1050 g/mol. The number of nitrogens with zero attached hydrogens (tertiary/aromatic N) is 6. The van der Waals surface area contributed by atoms with Crippen molar-refractivity contribution in [2.75, 3.05) is 42.0 Å². The molecule has 318 valence electrons. The van der Waals surface area contributed by atoms with Crippen molar-refractivity contribution in [2.45, 2.75) is 54.6 Å². The van der Waals surface area contributed by atoms with Gasteiger partial charge in [0.25, 0.3) is 0 Å². The molecule has 4 aromatic rings. The van der Waals surface area contributed by atoms with Gasteiger partial charge in [0, 0.05) is 32.5 Å². The highest BCUT2D eigenvalue weighted by Gasteiger charge is 2.31. The first-order valence-electron chi connectivity index (χ1n) is 16.2. The van der Waals surface area contributed by atoms with Crippen LogP contribution >= 0.6 is 80.0 Å². The smallest absolute Gasteiger partial charge is 0.414 e. The Labute approximate surface area is 379 Å². The fraction of sp³-hybridized carbons (Fsp3) is 0.333. The van der Waals surface area contributed by atoms with Crippen LogP contribution in [-0.4, -0.2) is 58.4 Å². The molecule has 0 spiro atoms. The summed E-state index contributed by atoms with van der Waals surface area (Å²) in [5.74, 6) is -0.371. The average Bonchev–Trinajstić information content (AvgIpc) is 3.71. The Hall–Kier alpha value is -3.87. The molecule has 58 heavy (non-hydrogen) atoms. The number of nitrogen functional groups attached to an aromatic ring is 1. The summed E-state index contributed by atoms with van der Waals surface area (Å²) in [7, 11) is 0. The third-order valence-corrected chi connectivity index (χ3v) is 9.21. The lowest BCUT2D eigenvalue weighted by Gasteiger charge is -2.22. The summed E-state index contributed by atoms with van der Waals surface area (Å²) < 4.78 is 17.0. The maximum Gasteiger partial charge on any atom is 0.414 e. The monoisotopic (exact) mass is 1090 g/mol. The van der Waals surface area contributed by atoms with Crippen molar-refractivity contribution < 1.29 is 33.6 Å². The van der Waals surface area contributed by atoms with Gasteiger partial charge in [0.15, 0.2) is 0 Å². The summed E-state index contributed by atoms with van der Waals surface area (Å²) in [6.45, 7) is 5.61. The molecule has 2 aromatic carbocycles. The predicted molar refractivity (Wildman–Crippen MR) is 244 cm³/mol. The SMILES string of the molecule is C.C.C1CCOC1.CCOC(=O)N(Cc1ccc(I)cc1)c1cc(Cl)nc(Cl)c1[N+](=O)[O-].CCOC(=O)N(Cc1ccc(I)cc1)c1cc(Cl)nc(N)c1[N+](=O)[O-].N. The van der Waals surface area contributed by atoms with Crippen molar-refractivity contribution in [3.63, 3.8) is 0 Å². The molecule has 5 rings (SSSR count). The van der Waals surface area contributed by atoms with Crippen LogP contribution in [0.15, 0.2) is 60.7 Å².